The molecule has 0 saturated heterocycles. The number of hydrogen-bond donors (Lipinski definition) is 3. The maximum atomic E-state index is 12.5. The Labute approximate surface area is 183 Å². The first kappa shape index (κ1) is 23.3. The van der Waals surface area contributed by atoms with Gasteiger partial charge in [-0.05, 0) is 56.8 Å². The number of rotatable bonds is 7. The van der Waals surface area contributed by atoms with Gasteiger partial charge >= 0.3 is 11.9 Å². The van der Waals surface area contributed by atoms with Crippen LogP contribution in [0, 0.1) is 6.92 Å². The number of thiophene rings is 1. The van der Waals surface area contributed by atoms with Gasteiger partial charge in [0.15, 0.2) is 5.11 Å². The Morgan fingerprint density at radius 2 is 1.60 bits per heavy atom. The predicted octanol–water partition coefficient (Wildman–Crippen LogP) is 4.18. The molecule has 0 fully saturated rings. The highest BCUT2D eigenvalue weighted by Gasteiger charge is 2.26. The largest absolute Gasteiger partial charge is 0.462 e. The Hall–Kier alpha value is -2.98. The molecule has 1 aromatic heterocycles. The van der Waals surface area contributed by atoms with E-state index in [1.807, 2.05) is 0 Å². The molecule has 3 N–H and O–H groups in total. The fourth-order valence-electron chi connectivity index (χ4n) is 2.59. The minimum atomic E-state index is -0.556. The van der Waals surface area contributed by atoms with Crippen molar-refractivity contribution in [2.75, 3.05) is 29.2 Å². The predicted molar refractivity (Wildman–Crippen MR) is 122 cm³/mol. The van der Waals surface area contributed by atoms with Crippen LogP contribution in [0.25, 0.3) is 0 Å². The summed E-state index contributed by atoms with van der Waals surface area (Å²) in [6.45, 7) is 6.91. The lowest BCUT2D eigenvalue weighted by atomic mass is 10.1. The molecule has 1 aromatic carbocycles. The van der Waals surface area contributed by atoms with Crippen molar-refractivity contribution in [1.29, 1.82) is 0 Å². The number of hydrogen-bond acceptors (Lipinski definition) is 7. The van der Waals surface area contributed by atoms with Gasteiger partial charge in [-0.3, -0.25) is 4.79 Å². The SMILES string of the molecule is CCOC(=O)c1sc(NC(=S)Nc2cccc(NC(C)=O)c2)c(C(=O)OCC)c1C. The molecule has 0 aliphatic carbocycles. The normalized spacial score (nSPS) is 10.1. The van der Waals surface area contributed by atoms with Gasteiger partial charge in [0.25, 0.3) is 0 Å². The molecule has 2 rings (SSSR count). The van der Waals surface area contributed by atoms with E-state index in [9.17, 15) is 14.4 Å². The van der Waals surface area contributed by atoms with Crippen LogP contribution in [0.15, 0.2) is 24.3 Å². The summed E-state index contributed by atoms with van der Waals surface area (Å²) in [6, 6.07) is 6.99. The third kappa shape index (κ3) is 6.01. The van der Waals surface area contributed by atoms with Crippen LogP contribution in [0.3, 0.4) is 0 Å². The summed E-state index contributed by atoms with van der Waals surface area (Å²) in [7, 11) is 0. The second-order valence-corrected chi connectivity index (χ2v) is 7.47. The van der Waals surface area contributed by atoms with Gasteiger partial charge < -0.3 is 25.4 Å². The Balaban J connectivity index is 2.26. The number of thiocarbonyl (C=S) groups is 1. The highest BCUT2D eigenvalue weighted by molar-refractivity contribution is 7.80. The van der Waals surface area contributed by atoms with Crippen molar-refractivity contribution < 1.29 is 23.9 Å². The summed E-state index contributed by atoms with van der Waals surface area (Å²) in [5.74, 6) is -1.26. The molecule has 10 heteroatoms. The summed E-state index contributed by atoms with van der Waals surface area (Å²) in [6.07, 6.45) is 0. The fraction of sp³-hybridized carbons (Fsp3) is 0.300. The van der Waals surface area contributed by atoms with Crippen LogP contribution in [-0.2, 0) is 14.3 Å². The Morgan fingerprint density at radius 1 is 1.00 bits per heavy atom. The van der Waals surface area contributed by atoms with Crippen LogP contribution in [-0.4, -0.2) is 36.2 Å². The van der Waals surface area contributed by atoms with E-state index < -0.39 is 11.9 Å². The smallest absolute Gasteiger partial charge is 0.348 e. The number of esters is 2. The minimum absolute atomic E-state index is 0.188. The molecule has 0 aliphatic rings. The van der Waals surface area contributed by atoms with Crippen molar-refractivity contribution in [3.63, 3.8) is 0 Å². The van der Waals surface area contributed by atoms with Crippen LogP contribution in [0.1, 0.15) is 46.4 Å². The molecule has 160 valence electrons. The number of ether oxygens (including phenoxy) is 2. The number of amides is 1. The lowest BCUT2D eigenvalue weighted by Crippen LogP contribution is -2.20. The van der Waals surface area contributed by atoms with Crippen molar-refractivity contribution in [2.24, 2.45) is 0 Å². The van der Waals surface area contributed by atoms with E-state index in [1.165, 1.54) is 6.92 Å². The lowest BCUT2D eigenvalue weighted by molar-refractivity contribution is -0.114. The van der Waals surface area contributed by atoms with Crippen LogP contribution >= 0.6 is 23.6 Å². The van der Waals surface area contributed by atoms with E-state index in [0.717, 1.165) is 11.3 Å². The van der Waals surface area contributed by atoms with Gasteiger partial charge in [0.1, 0.15) is 9.88 Å². The highest BCUT2D eigenvalue weighted by atomic mass is 32.1. The fourth-order valence-corrected chi connectivity index (χ4v) is 3.96. The molecule has 0 unspecified atom stereocenters. The summed E-state index contributed by atoms with van der Waals surface area (Å²) in [4.78, 5) is 36.2. The lowest BCUT2D eigenvalue weighted by Gasteiger charge is -2.12. The zero-order valence-corrected chi connectivity index (χ0v) is 18.7. The van der Waals surface area contributed by atoms with E-state index >= 15 is 0 Å². The average molecular weight is 450 g/mol. The number of benzene rings is 1. The Morgan fingerprint density at radius 3 is 2.20 bits per heavy atom. The molecule has 0 saturated carbocycles. The van der Waals surface area contributed by atoms with Crippen molar-refractivity contribution in [1.82, 2.24) is 0 Å². The van der Waals surface area contributed by atoms with Gasteiger partial charge in [0.05, 0.1) is 18.8 Å². The minimum Gasteiger partial charge on any atom is -0.462 e. The van der Waals surface area contributed by atoms with Gasteiger partial charge in [0.2, 0.25) is 5.91 Å². The summed E-state index contributed by atoms with van der Waals surface area (Å²) < 4.78 is 10.2. The van der Waals surface area contributed by atoms with Crippen LogP contribution in [0.5, 0.6) is 0 Å². The van der Waals surface area contributed by atoms with Gasteiger partial charge in [-0.15, -0.1) is 11.3 Å². The molecule has 0 aliphatic heterocycles. The first-order valence-corrected chi connectivity index (χ1v) is 10.4. The highest BCUT2D eigenvalue weighted by Crippen LogP contribution is 2.34. The average Bonchev–Trinajstić information content (AvgIpc) is 2.97. The van der Waals surface area contributed by atoms with E-state index in [0.29, 0.717) is 26.8 Å². The van der Waals surface area contributed by atoms with Gasteiger partial charge in [-0.2, -0.15) is 0 Å². The number of carbonyl (C=O) groups excluding carboxylic acids is 3. The zero-order chi connectivity index (χ0) is 22.3. The molecule has 0 spiro atoms. The van der Waals surface area contributed by atoms with Crippen molar-refractivity contribution in [3.05, 3.63) is 40.3 Å². The monoisotopic (exact) mass is 449 g/mol. The van der Waals surface area contributed by atoms with Gasteiger partial charge in [0, 0.05) is 18.3 Å². The third-order valence-electron chi connectivity index (χ3n) is 3.76. The van der Waals surface area contributed by atoms with E-state index in [2.05, 4.69) is 16.0 Å². The molecule has 1 amide bonds. The first-order valence-electron chi connectivity index (χ1n) is 9.20. The number of carbonyl (C=O) groups is 3. The summed E-state index contributed by atoms with van der Waals surface area (Å²) in [5, 5.41) is 9.23. The van der Waals surface area contributed by atoms with Crippen molar-refractivity contribution in [3.8, 4) is 0 Å². The molecule has 0 bridgehead atoms. The molecule has 8 nitrogen and oxygen atoms in total. The molecular formula is C20H23N3O5S2. The third-order valence-corrected chi connectivity index (χ3v) is 5.15. The summed E-state index contributed by atoms with van der Waals surface area (Å²) in [5.41, 5.74) is 1.95. The molecule has 0 atom stereocenters. The number of anilines is 3. The molecule has 0 radical (unpaired) electrons. The van der Waals surface area contributed by atoms with Crippen LogP contribution in [0.2, 0.25) is 0 Å². The van der Waals surface area contributed by atoms with E-state index in [4.69, 9.17) is 21.7 Å². The second kappa shape index (κ2) is 10.7. The van der Waals surface area contributed by atoms with Crippen LogP contribution < -0.4 is 16.0 Å². The zero-order valence-electron chi connectivity index (χ0n) is 17.1. The quantitative estimate of drug-likeness (QED) is 0.427. The first-order chi connectivity index (χ1) is 14.3. The molecule has 30 heavy (non-hydrogen) atoms. The van der Waals surface area contributed by atoms with Gasteiger partial charge in [-0.25, -0.2) is 9.59 Å². The van der Waals surface area contributed by atoms with Crippen molar-refractivity contribution in [2.45, 2.75) is 27.7 Å². The summed E-state index contributed by atoms with van der Waals surface area (Å²) >= 11 is 6.43. The maximum absolute atomic E-state index is 12.5. The van der Waals surface area contributed by atoms with E-state index in [1.54, 1.807) is 45.0 Å². The Kier molecular flexibility index (Phi) is 8.31. The van der Waals surface area contributed by atoms with Crippen LogP contribution in [0.4, 0.5) is 16.4 Å². The maximum Gasteiger partial charge on any atom is 0.348 e. The molecular weight excluding hydrogens is 426 g/mol. The van der Waals surface area contributed by atoms with Crippen molar-refractivity contribution >= 4 is 62.9 Å². The molecule has 2 aromatic rings. The Bertz CT molecular complexity index is 971. The second-order valence-electron chi connectivity index (χ2n) is 6.04. The number of nitrogens with one attached hydrogen (secondary N) is 3. The molecule has 1 heterocycles. The van der Waals surface area contributed by atoms with E-state index in [-0.39, 0.29) is 29.8 Å². The topological polar surface area (TPSA) is 106 Å². The van der Waals surface area contributed by atoms with Gasteiger partial charge in [-0.1, -0.05) is 6.07 Å². The standard InChI is InChI=1S/C20H23N3O5S2/c1-5-27-18(25)15-11(3)16(19(26)28-6-2)30-17(15)23-20(29)22-14-9-7-8-13(10-14)21-12(4)24/h7-10H,5-6H2,1-4H3,(H,21,24)(H2,22,23,29).